The van der Waals surface area contributed by atoms with Crippen molar-refractivity contribution in [1.82, 2.24) is 0 Å². The average molecular weight is 303 g/mol. The number of carbonyl (C=O) groups is 1. The van der Waals surface area contributed by atoms with Gasteiger partial charge in [0.2, 0.25) is 0 Å². The van der Waals surface area contributed by atoms with Gasteiger partial charge in [-0.25, -0.2) is 4.79 Å². The van der Waals surface area contributed by atoms with E-state index in [1.54, 1.807) is 6.08 Å². The second kappa shape index (κ2) is 10.0. The number of hydrogen-bond acceptors (Lipinski definition) is 3. The van der Waals surface area contributed by atoms with Gasteiger partial charge >= 0.3 is 5.97 Å². The lowest BCUT2D eigenvalue weighted by Crippen LogP contribution is -2.12. The Labute approximate surface area is 135 Å². The molecular weight excluding hydrogens is 274 g/mol. The van der Waals surface area contributed by atoms with Gasteiger partial charge in [-0.1, -0.05) is 38.3 Å². The molecular formula is C19H29NO2. The highest BCUT2D eigenvalue weighted by atomic mass is 16.5. The van der Waals surface area contributed by atoms with Gasteiger partial charge in [0.1, 0.15) is 0 Å². The van der Waals surface area contributed by atoms with E-state index in [9.17, 15) is 4.79 Å². The monoisotopic (exact) mass is 303 g/mol. The number of unbranched alkanes of at least 4 members (excludes halogenated alkanes) is 3. The molecule has 0 aromatic heterocycles. The topological polar surface area (TPSA) is 29.5 Å². The van der Waals surface area contributed by atoms with Crippen LogP contribution in [0.25, 0.3) is 6.08 Å². The molecule has 1 rings (SSSR count). The van der Waals surface area contributed by atoms with Crippen molar-refractivity contribution in [2.45, 2.75) is 52.1 Å². The molecule has 0 bridgehead atoms. The molecule has 0 aliphatic carbocycles. The van der Waals surface area contributed by atoms with Gasteiger partial charge in [-0.15, -0.1) is 0 Å². The Morgan fingerprint density at radius 1 is 1.18 bits per heavy atom. The molecule has 0 saturated heterocycles. The second-order valence-corrected chi connectivity index (χ2v) is 5.92. The largest absolute Gasteiger partial charge is 0.460 e. The zero-order valence-electron chi connectivity index (χ0n) is 14.3. The summed E-state index contributed by atoms with van der Waals surface area (Å²) in [6, 6.07) is 8.04. The van der Waals surface area contributed by atoms with Gasteiger partial charge in [0, 0.05) is 25.9 Å². The maximum absolute atomic E-state index is 11.8. The van der Waals surface area contributed by atoms with Crippen LogP contribution in [0.1, 0.15) is 51.5 Å². The van der Waals surface area contributed by atoms with Crippen LogP contribution >= 0.6 is 0 Å². The van der Waals surface area contributed by atoms with Crippen LogP contribution < -0.4 is 4.90 Å². The zero-order chi connectivity index (χ0) is 16.4. The first-order valence-electron chi connectivity index (χ1n) is 8.19. The van der Waals surface area contributed by atoms with Crippen LogP contribution in [0.3, 0.4) is 0 Å². The van der Waals surface area contributed by atoms with Gasteiger partial charge < -0.3 is 9.64 Å². The van der Waals surface area contributed by atoms with Gasteiger partial charge in [0.05, 0.1) is 6.10 Å². The van der Waals surface area contributed by atoms with Gasteiger partial charge in [-0.3, -0.25) is 0 Å². The van der Waals surface area contributed by atoms with Crippen molar-refractivity contribution >= 4 is 17.7 Å². The molecule has 0 aliphatic heterocycles. The molecule has 0 amide bonds. The molecule has 1 atom stereocenters. The van der Waals surface area contributed by atoms with E-state index < -0.39 is 0 Å². The Balaban J connectivity index is 2.37. The summed E-state index contributed by atoms with van der Waals surface area (Å²) in [6.07, 6.45) is 9.05. The zero-order valence-corrected chi connectivity index (χ0v) is 14.3. The molecule has 0 radical (unpaired) electrons. The SMILES string of the molecule is CCCCCCC(C)OC(=O)C=Cc1ccc(N(C)C)cc1. The minimum Gasteiger partial charge on any atom is -0.460 e. The van der Waals surface area contributed by atoms with Crippen molar-refractivity contribution in [2.24, 2.45) is 0 Å². The van der Waals surface area contributed by atoms with E-state index in [2.05, 4.69) is 6.92 Å². The van der Waals surface area contributed by atoms with Crippen LogP contribution in [-0.4, -0.2) is 26.2 Å². The Morgan fingerprint density at radius 2 is 1.86 bits per heavy atom. The summed E-state index contributed by atoms with van der Waals surface area (Å²) in [6.45, 7) is 4.16. The summed E-state index contributed by atoms with van der Waals surface area (Å²) in [5.74, 6) is -0.264. The van der Waals surface area contributed by atoms with Gasteiger partial charge in [-0.2, -0.15) is 0 Å². The number of ether oxygens (including phenoxy) is 1. The van der Waals surface area contributed by atoms with E-state index >= 15 is 0 Å². The molecule has 0 fully saturated rings. The minimum atomic E-state index is -0.264. The number of nitrogens with zero attached hydrogens (tertiary/aromatic N) is 1. The number of anilines is 1. The third kappa shape index (κ3) is 7.30. The number of carbonyl (C=O) groups excluding carboxylic acids is 1. The third-order valence-electron chi connectivity index (χ3n) is 3.60. The van der Waals surface area contributed by atoms with Crippen LogP contribution in [0.4, 0.5) is 5.69 Å². The van der Waals surface area contributed by atoms with E-state index in [0.29, 0.717) is 0 Å². The first-order chi connectivity index (χ1) is 10.5. The number of hydrogen-bond donors (Lipinski definition) is 0. The predicted molar refractivity (Wildman–Crippen MR) is 94.1 cm³/mol. The molecule has 3 heteroatoms. The second-order valence-electron chi connectivity index (χ2n) is 5.92. The Hall–Kier alpha value is -1.77. The number of rotatable bonds is 9. The molecule has 122 valence electrons. The Kier molecular flexibility index (Phi) is 8.34. The standard InChI is InChI=1S/C19H29NO2/c1-5-6-7-8-9-16(2)22-19(21)15-12-17-10-13-18(14-11-17)20(3)4/h10-16H,5-9H2,1-4H3. The van der Waals surface area contributed by atoms with Crippen molar-refractivity contribution < 1.29 is 9.53 Å². The van der Waals surface area contributed by atoms with Gasteiger partial charge in [0.25, 0.3) is 0 Å². The van der Waals surface area contributed by atoms with Crippen molar-refractivity contribution in [3.63, 3.8) is 0 Å². The molecule has 1 unspecified atom stereocenters. The Bertz CT molecular complexity index is 463. The first-order valence-corrected chi connectivity index (χ1v) is 8.19. The molecule has 0 N–H and O–H groups in total. The summed E-state index contributed by atoms with van der Waals surface area (Å²) in [7, 11) is 4.01. The summed E-state index contributed by atoms with van der Waals surface area (Å²) in [5.41, 5.74) is 2.14. The van der Waals surface area contributed by atoms with E-state index in [4.69, 9.17) is 4.74 Å². The summed E-state index contributed by atoms with van der Waals surface area (Å²) in [4.78, 5) is 13.8. The summed E-state index contributed by atoms with van der Waals surface area (Å²) >= 11 is 0. The van der Waals surface area contributed by atoms with Gasteiger partial charge in [-0.05, 0) is 43.5 Å². The molecule has 3 nitrogen and oxygen atoms in total. The van der Waals surface area contributed by atoms with Crippen LogP contribution in [0.5, 0.6) is 0 Å². The lowest BCUT2D eigenvalue weighted by Gasteiger charge is -2.12. The molecule has 0 aliphatic rings. The van der Waals surface area contributed by atoms with E-state index in [0.717, 1.165) is 24.1 Å². The maximum atomic E-state index is 11.8. The van der Waals surface area contributed by atoms with Crippen LogP contribution in [0, 0.1) is 0 Å². The summed E-state index contributed by atoms with van der Waals surface area (Å²) < 4.78 is 5.38. The molecule has 0 heterocycles. The normalized spacial score (nSPS) is 12.4. The highest BCUT2D eigenvalue weighted by Crippen LogP contribution is 2.13. The number of esters is 1. The molecule has 0 saturated carbocycles. The van der Waals surface area contributed by atoms with Crippen LogP contribution in [-0.2, 0) is 9.53 Å². The van der Waals surface area contributed by atoms with Crippen LogP contribution in [0.2, 0.25) is 0 Å². The van der Waals surface area contributed by atoms with E-state index in [1.165, 1.54) is 25.3 Å². The fraction of sp³-hybridized carbons (Fsp3) is 0.526. The highest BCUT2D eigenvalue weighted by Gasteiger charge is 2.06. The third-order valence-corrected chi connectivity index (χ3v) is 3.60. The van der Waals surface area contributed by atoms with Gasteiger partial charge in [0.15, 0.2) is 0 Å². The first kappa shape index (κ1) is 18.3. The maximum Gasteiger partial charge on any atom is 0.331 e. The molecule has 1 aromatic carbocycles. The summed E-state index contributed by atoms with van der Waals surface area (Å²) in [5, 5.41) is 0. The quantitative estimate of drug-likeness (QED) is 0.377. The smallest absolute Gasteiger partial charge is 0.331 e. The van der Waals surface area contributed by atoms with E-state index in [-0.39, 0.29) is 12.1 Å². The average Bonchev–Trinajstić information content (AvgIpc) is 2.50. The fourth-order valence-corrected chi connectivity index (χ4v) is 2.20. The lowest BCUT2D eigenvalue weighted by atomic mass is 10.1. The highest BCUT2D eigenvalue weighted by molar-refractivity contribution is 5.87. The number of benzene rings is 1. The van der Waals surface area contributed by atoms with Crippen molar-refractivity contribution in [3.8, 4) is 0 Å². The minimum absolute atomic E-state index is 0.00915. The van der Waals surface area contributed by atoms with Crippen molar-refractivity contribution in [3.05, 3.63) is 35.9 Å². The Morgan fingerprint density at radius 3 is 2.45 bits per heavy atom. The van der Waals surface area contributed by atoms with Crippen molar-refractivity contribution in [2.75, 3.05) is 19.0 Å². The van der Waals surface area contributed by atoms with E-state index in [1.807, 2.05) is 50.2 Å². The van der Waals surface area contributed by atoms with Crippen LogP contribution in [0.15, 0.2) is 30.3 Å². The van der Waals surface area contributed by atoms with Crippen molar-refractivity contribution in [1.29, 1.82) is 0 Å². The molecule has 0 spiro atoms. The molecule has 22 heavy (non-hydrogen) atoms. The fourth-order valence-electron chi connectivity index (χ4n) is 2.20. The lowest BCUT2D eigenvalue weighted by molar-refractivity contribution is -0.142. The molecule has 1 aromatic rings. The predicted octanol–water partition coefficient (Wildman–Crippen LogP) is 4.67.